The highest BCUT2D eigenvalue weighted by Crippen LogP contribution is 2.48. The van der Waals surface area contributed by atoms with Gasteiger partial charge in [0.2, 0.25) is 0 Å². The molecule has 2 fully saturated rings. The molecule has 0 radical (unpaired) electrons. The first-order valence-electron chi connectivity index (χ1n) is 10.6. The van der Waals surface area contributed by atoms with E-state index in [9.17, 15) is 14.4 Å². The Balaban J connectivity index is 1.25. The van der Waals surface area contributed by atoms with Gasteiger partial charge >= 0.3 is 11.8 Å². The zero-order valence-electron chi connectivity index (χ0n) is 17.4. The number of para-hydroxylation sites is 1. The van der Waals surface area contributed by atoms with Gasteiger partial charge in [-0.05, 0) is 48.6 Å². The van der Waals surface area contributed by atoms with Gasteiger partial charge in [0, 0.05) is 13.5 Å². The summed E-state index contributed by atoms with van der Waals surface area (Å²) in [6.07, 6.45) is 4.08. The number of benzene rings is 1. The van der Waals surface area contributed by atoms with E-state index in [1.54, 1.807) is 18.0 Å². The Morgan fingerprint density at radius 1 is 1.25 bits per heavy atom. The van der Waals surface area contributed by atoms with E-state index in [1.165, 1.54) is 5.57 Å². The Hall–Kier alpha value is -3.88. The van der Waals surface area contributed by atoms with E-state index in [2.05, 4.69) is 27.8 Å². The number of rotatable bonds is 3. The van der Waals surface area contributed by atoms with Crippen molar-refractivity contribution in [2.75, 3.05) is 12.4 Å². The molecular formula is C23H21N5O4. The first-order valence-corrected chi connectivity index (χ1v) is 10.6. The highest BCUT2D eigenvalue weighted by Gasteiger charge is 2.57. The molecule has 1 aliphatic heterocycles. The average molecular weight is 431 g/mol. The van der Waals surface area contributed by atoms with Crippen LogP contribution in [0.5, 0.6) is 0 Å². The second-order valence-corrected chi connectivity index (χ2v) is 8.75. The van der Waals surface area contributed by atoms with Gasteiger partial charge < -0.3 is 14.6 Å². The molecule has 3 aliphatic rings. The summed E-state index contributed by atoms with van der Waals surface area (Å²) in [4.78, 5) is 45.1. The highest BCUT2D eigenvalue weighted by molar-refractivity contribution is 6.07. The number of amides is 3. The van der Waals surface area contributed by atoms with E-state index < -0.39 is 11.3 Å². The van der Waals surface area contributed by atoms with Crippen LogP contribution in [0.2, 0.25) is 0 Å². The average Bonchev–Trinajstić information content (AvgIpc) is 3.40. The fourth-order valence-corrected chi connectivity index (χ4v) is 5.22. The minimum absolute atomic E-state index is 0.201. The number of H-pyrrole nitrogens is 1. The summed E-state index contributed by atoms with van der Waals surface area (Å²) in [5.74, 6) is -0.450. The topological polar surface area (TPSA) is 120 Å². The van der Waals surface area contributed by atoms with Crippen molar-refractivity contribution in [3.05, 3.63) is 63.4 Å². The highest BCUT2D eigenvalue weighted by atomic mass is 16.4. The molecule has 1 saturated heterocycles. The molecule has 1 spiro atoms. The van der Waals surface area contributed by atoms with Gasteiger partial charge in [0.1, 0.15) is 5.54 Å². The number of hydrogen-bond acceptors (Lipinski definition) is 6. The second kappa shape index (κ2) is 6.56. The van der Waals surface area contributed by atoms with Crippen molar-refractivity contribution in [2.24, 2.45) is 5.92 Å². The molecule has 6 rings (SSSR count). The van der Waals surface area contributed by atoms with Crippen LogP contribution >= 0.6 is 0 Å². The molecule has 2 aromatic heterocycles. The third kappa shape index (κ3) is 2.70. The molecular weight excluding hydrogens is 410 g/mol. The molecule has 3 heterocycles. The summed E-state index contributed by atoms with van der Waals surface area (Å²) in [6.45, 7) is 0.470. The minimum Gasteiger partial charge on any atom is -0.406 e. The van der Waals surface area contributed by atoms with Crippen LogP contribution in [0, 0.1) is 5.92 Å². The van der Waals surface area contributed by atoms with E-state index in [0.29, 0.717) is 30.5 Å². The number of pyridine rings is 1. The molecule has 9 heteroatoms. The Morgan fingerprint density at radius 2 is 2.12 bits per heavy atom. The van der Waals surface area contributed by atoms with Crippen molar-refractivity contribution in [3.63, 3.8) is 0 Å². The molecule has 1 saturated carbocycles. The first kappa shape index (κ1) is 18.9. The van der Waals surface area contributed by atoms with Crippen LogP contribution in [0.25, 0.3) is 17.2 Å². The Morgan fingerprint density at radius 3 is 2.94 bits per heavy atom. The summed E-state index contributed by atoms with van der Waals surface area (Å²) in [6, 6.07) is 9.23. The SMILES string of the molecule is CN1C(=O)NC(=O)C12CC1=Cc3nc(CNc4cccc5[nH]c(=O)oc45)ccc3C[C@H]1C2. The third-order valence-corrected chi connectivity index (χ3v) is 6.96. The standard InChI is InChI=1S/C23H21N5O4/c1-28-21(30)27-20(29)23(28)9-13-7-12-5-6-15(25-18(12)8-14(13)10-23)11-24-16-3-2-4-17-19(16)32-22(31)26-17/h2-6,8,13,24H,7,9-11H2,1H3,(H,26,31)(H,27,29,30)/t13-,23?/m0/s1. The lowest BCUT2D eigenvalue weighted by atomic mass is 9.87. The molecule has 3 amide bonds. The van der Waals surface area contributed by atoms with Crippen molar-refractivity contribution in [3.8, 4) is 0 Å². The van der Waals surface area contributed by atoms with Gasteiger partial charge in [-0.3, -0.25) is 20.1 Å². The lowest BCUT2D eigenvalue weighted by Gasteiger charge is -2.27. The molecule has 2 atom stereocenters. The summed E-state index contributed by atoms with van der Waals surface area (Å²) >= 11 is 0. The van der Waals surface area contributed by atoms with E-state index in [0.717, 1.165) is 29.1 Å². The number of fused-ring (bicyclic) bond motifs is 3. The number of hydrogen-bond donors (Lipinski definition) is 3. The molecule has 32 heavy (non-hydrogen) atoms. The van der Waals surface area contributed by atoms with Gasteiger partial charge in [0.15, 0.2) is 5.58 Å². The summed E-state index contributed by atoms with van der Waals surface area (Å²) in [5, 5.41) is 5.75. The van der Waals surface area contributed by atoms with Crippen LogP contribution in [0.15, 0.2) is 45.1 Å². The van der Waals surface area contributed by atoms with Gasteiger partial charge in [-0.2, -0.15) is 0 Å². The first-order chi connectivity index (χ1) is 15.4. The Kier molecular flexibility index (Phi) is 3.86. The van der Waals surface area contributed by atoms with Crippen LogP contribution in [0.3, 0.4) is 0 Å². The number of oxazole rings is 1. The van der Waals surface area contributed by atoms with E-state index in [-0.39, 0.29) is 17.9 Å². The summed E-state index contributed by atoms with van der Waals surface area (Å²) < 4.78 is 5.23. The molecule has 0 bridgehead atoms. The monoisotopic (exact) mass is 431 g/mol. The van der Waals surface area contributed by atoms with E-state index in [1.807, 2.05) is 18.2 Å². The molecule has 3 N–H and O–H groups in total. The van der Waals surface area contributed by atoms with Crippen LogP contribution < -0.4 is 16.4 Å². The lowest BCUT2D eigenvalue weighted by Crippen LogP contribution is -2.45. The maximum atomic E-state index is 12.5. The van der Waals surface area contributed by atoms with Gasteiger partial charge in [-0.25, -0.2) is 9.59 Å². The molecule has 9 nitrogen and oxygen atoms in total. The van der Waals surface area contributed by atoms with Gasteiger partial charge in [0.05, 0.1) is 29.1 Å². The number of anilines is 1. The number of aromatic amines is 1. The zero-order valence-corrected chi connectivity index (χ0v) is 17.4. The molecule has 3 aromatic rings. The number of aromatic nitrogens is 2. The van der Waals surface area contributed by atoms with Gasteiger partial charge in [-0.15, -0.1) is 0 Å². The second-order valence-electron chi connectivity index (χ2n) is 8.75. The predicted molar refractivity (Wildman–Crippen MR) is 117 cm³/mol. The quantitative estimate of drug-likeness (QED) is 0.548. The lowest BCUT2D eigenvalue weighted by molar-refractivity contribution is -0.126. The normalized spacial score (nSPS) is 24.0. The smallest absolute Gasteiger partial charge is 0.406 e. The minimum atomic E-state index is -0.779. The molecule has 1 aromatic carbocycles. The van der Waals surface area contributed by atoms with Crippen LogP contribution in [0.4, 0.5) is 10.5 Å². The number of urea groups is 1. The van der Waals surface area contributed by atoms with E-state index in [4.69, 9.17) is 9.40 Å². The maximum absolute atomic E-state index is 12.5. The fraction of sp³-hybridized carbons (Fsp3) is 0.304. The zero-order chi connectivity index (χ0) is 22.0. The maximum Gasteiger partial charge on any atom is 0.417 e. The molecule has 1 unspecified atom stereocenters. The van der Waals surface area contributed by atoms with Crippen LogP contribution in [0.1, 0.15) is 29.8 Å². The van der Waals surface area contributed by atoms with Crippen LogP contribution in [-0.2, 0) is 17.8 Å². The number of carbonyl (C=O) groups is 2. The van der Waals surface area contributed by atoms with Crippen molar-refractivity contribution < 1.29 is 14.0 Å². The Bertz CT molecular complexity index is 1390. The van der Waals surface area contributed by atoms with Crippen molar-refractivity contribution in [1.82, 2.24) is 20.2 Å². The number of nitrogens with one attached hydrogen (secondary N) is 3. The third-order valence-electron chi connectivity index (χ3n) is 6.96. The molecule has 162 valence electrons. The summed E-state index contributed by atoms with van der Waals surface area (Å²) in [5.41, 5.74) is 5.15. The Labute approximate surface area is 182 Å². The fourth-order valence-electron chi connectivity index (χ4n) is 5.22. The number of likely N-dealkylation sites (N-methyl/N-ethyl adjacent to an activating group) is 1. The van der Waals surface area contributed by atoms with Crippen LogP contribution in [-0.4, -0.2) is 39.4 Å². The van der Waals surface area contributed by atoms with Gasteiger partial charge in [-0.1, -0.05) is 17.7 Å². The van der Waals surface area contributed by atoms with Gasteiger partial charge in [0.25, 0.3) is 5.91 Å². The van der Waals surface area contributed by atoms with E-state index >= 15 is 0 Å². The summed E-state index contributed by atoms with van der Waals surface area (Å²) in [7, 11) is 1.69. The van der Waals surface area contributed by atoms with Crippen molar-refractivity contribution in [1.29, 1.82) is 0 Å². The number of carbonyl (C=O) groups excluding carboxylic acids is 2. The van der Waals surface area contributed by atoms with Crippen molar-refractivity contribution >= 4 is 34.8 Å². The molecule has 2 aliphatic carbocycles. The van der Waals surface area contributed by atoms with Crippen molar-refractivity contribution in [2.45, 2.75) is 31.3 Å². The number of imide groups is 1. The largest absolute Gasteiger partial charge is 0.417 e. The number of nitrogens with zero attached hydrogens (tertiary/aromatic N) is 2. The predicted octanol–water partition coefficient (Wildman–Crippen LogP) is 2.40.